The van der Waals surface area contributed by atoms with E-state index in [1.54, 1.807) is 24.3 Å². The lowest BCUT2D eigenvalue weighted by Crippen LogP contribution is -2.32. The Morgan fingerprint density at radius 2 is 0.625 bits per heavy atom. The fourth-order valence-electron chi connectivity index (χ4n) is 3.89. The SMILES string of the molecule is CC.CC.CC(C)(C)c1cc2c3c(c1)c(=O)c(=O)c1cc(C(C)(C)C)cc(c1-3)c(=O)c2=O. The first-order valence-corrected chi connectivity index (χ1v) is 11.4. The molecule has 4 heteroatoms. The summed E-state index contributed by atoms with van der Waals surface area (Å²) in [6, 6.07) is 6.80. The lowest BCUT2D eigenvalue weighted by Gasteiger charge is -2.24. The van der Waals surface area contributed by atoms with E-state index in [0.717, 1.165) is 11.1 Å². The van der Waals surface area contributed by atoms with Gasteiger partial charge >= 0.3 is 0 Å². The van der Waals surface area contributed by atoms with E-state index in [4.69, 9.17) is 0 Å². The summed E-state index contributed by atoms with van der Waals surface area (Å²) in [5.74, 6) is 0. The molecule has 0 atom stereocenters. The maximum absolute atomic E-state index is 12.9. The van der Waals surface area contributed by atoms with Gasteiger partial charge in [-0.25, -0.2) is 0 Å². The van der Waals surface area contributed by atoms with Gasteiger partial charge in [0.2, 0.25) is 21.7 Å². The smallest absolute Gasteiger partial charge is 0.234 e. The molecule has 0 fully saturated rings. The minimum atomic E-state index is -0.617. The quantitative estimate of drug-likeness (QED) is 0.271. The predicted molar refractivity (Wildman–Crippen MR) is 137 cm³/mol. The van der Waals surface area contributed by atoms with Crippen LogP contribution < -0.4 is 21.7 Å². The maximum Gasteiger partial charge on any atom is 0.234 e. The summed E-state index contributed by atoms with van der Waals surface area (Å²) < 4.78 is 0. The molecule has 4 nitrogen and oxygen atoms in total. The summed E-state index contributed by atoms with van der Waals surface area (Å²) in [4.78, 5) is 51.8. The van der Waals surface area contributed by atoms with Gasteiger partial charge in [0.25, 0.3) is 0 Å². The average Bonchev–Trinajstić information content (AvgIpc) is 2.75. The van der Waals surface area contributed by atoms with E-state index in [1.807, 2.05) is 69.2 Å². The Labute approximate surface area is 189 Å². The molecule has 0 saturated heterocycles. The van der Waals surface area contributed by atoms with Crippen LogP contribution in [0, 0.1) is 0 Å². The van der Waals surface area contributed by atoms with E-state index in [9.17, 15) is 19.2 Å². The summed E-state index contributed by atoms with van der Waals surface area (Å²) in [6.45, 7) is 19.8. The standard InChI is InChI=1S/C24H22O4.2C2H6/c1-23(2,3)11-7-13-17-14(8-11)20(26)22(28)16-10-12(24(4,5)6)9-15(18(16)17)21(27)19(13)25;2*1-2/h7-10H,1-6H3;2*1-2H3. The first-order valence-electron chi connectivity index (χ1n) is 11.4. The molecule has 0 amide bonds. The molecule has 32 heavy (non-hydrogen) atoms. The topological polar surface area (TPSA) is 68.3 Å². The molecule has 0 bridgehead atoms. The van der Waals surface area contributed by atoms with Gasteiger partial charge in [0.15, 0.2) is 0 Å². The Morgan fingerprint density at radius 3 is 0.781 bits per heavy atom. The third-order valence-corrected chi connectivity index (χ3v) is 5.65. The molecule has 4 rings (SSSR count). The highest BCUT2D eigenvalue weighted by Crippen LogP contribution is 2.39. The highest BCUT2D eigenvalue weighted by molar-refractivity contribution is 6.11. The number of rotatable bonds is 0. The molecule has 0 aliphatic heterocycles. The van der Waals surface area contributed by atoms with Crippen LogP contribution in [0.1, 0.15) is 80.4 Å². The van der Waals surface area contributed by atoms with Gasteiger partial charge in [-0.2, -0.15) is 0 Å². The van der Waals surface area contributed by atoms with Crippen molar-refractivity contribution in [3.8, 4) is 11.1 Å². The molecule has 2 aliphatic rings. The summed E-state index contributed by atoms with van der Waals surface area (Å²) in [5, 5.41) is 0.909. The molecule has 0 aromatic heterocycles. The largest absolute Gasteiger partial charge is 0.285 e. The zero-order valence-electron chi connectivity index (χ0n) is 20.9. The second-order valence-corrected chi connectivity index (χ2v) is 9.71. The lowest BCUT2D eigenvalue weighted by molar-refractivity contribution is 0.591. The Bertz CT molecular complexity index is 1230. The third-order valence-electron chi connectivity index (χ3n) is 5.65. The van der Waals surface area contributed by atoms with E-state index < -0.39 is 21.7 Å². The number of hydrogen-bond donors (Lipinski definition) is 0. The van der Waals surface area contributed by atoms with E-state index in [-0.39, 0.29) is 32.4 Å². The number of benzene rings is 4. The Morgan fingerprint density at radius 1 is 0.438 bits per heavy atom. The van der Waals surface area contributed by atoms with Gasteiger partial charge in [-0.15, -0.1) is 0 Å². The normalized spacial score (nSPS) is 11.9. The van der Waals surface area contributed by atoms with Crippen LogP contribution in [0.15, 0.2) is 43.4 Å². The Balaban J connectivity index is 0.000000860. The Hall–Kier alpha value is -2.88. The lowest BCUT2D eigenvalue weighted by atomic mass is 9.78. The van der Waals surface area contributed by atoms with Crippen molar-refractivity contribution in [1.29, 1.82) is 0 Å². The molecular formula is C28H34O4. The van der Waals surface area contributed by atoms with Gasteiger partial charge < -0.3 is 0 Å². The second kappa shape index (κ2) is 8.57. The van der Waals surface area contributed by atoms with Crippen molar-refractivity contribution in [1.82, 2.24) is 0 Å². The van der Waals surface area contributed by atoms with Gasteiger partial charge in [0.1, 0.15) is 0 Å². The van der Waals surface area contributed by atoms with Crippen LogP contribution in [-0.2, 0) is 10.8 Å². The second-order valence-electron chi connectivity index (χ2n) is 9.71. The first-order chi connectivity index (χ1) is 14.8. The minimum Gasteiger partial charge on any atom is -0.285 e. The summed E-state index contributed by atoms with van der Waals surface area (Å²) in [6.07, 6.45) is 0. The fourth-order valence-corrected chi connectivity index (χ4v) is 3.89. The highest BCUT2D eigenvalue weighted by atomic mass is 16.2. The van der Waals surface area contributed by atoms with Crippen molar-refractivity contribution in [3.63, 3.8) is 0 Å². The molecule has 0 unspecified atom stereocenters. The zero-order chi connectivity index (χ0) is 24.8. The minimum absolute atomic E-state index is 0.227. The van der Waals surface area contributed by atoms with E-state index >= 15 is 0 Å². The van der Waals surface area contributed by atoms with Gasteiger partial charge in [-0.05, 0) is 46.2 Å². The van der Waals surface area contributed by atoms with E-state index in [0.29, 0.717) is 11.1 Å². The van der Waals surface area contributed by atoms with Gasteiger partial charge in [0, 0.05) is 32.7 Å². The van der Waals surface area contributed by atoms with E-state index in [1.165, 1.54) is 0 Å². The number of hydrogen-bond acceptors (Lipinski definition) is 4. The van der Waals surface area contributed by atoms with Crippen molar-refractivity contribution in [2.45, 2.75) is 80.1 Å². The van der Waals surface area contributed by atoms with Crippen LogP contribution in [0.2, 0.25) is 0 Å². The molecule has 0 saturated carbocycles. The van der Waals surface area contributed by atoms with Crippen LogP contribution in [0.3, 0.4) is 0 Å². The predicted octanol–water partition coefficient (Wildman–Crippen LogP) is 5.50. The van der Waals surface area contributed by atoms with Crippen LogP contribution in [-0.4, -0.2) is 0 Å². The summed E-state index contributed by atoms with van der Waals surface area (Å²) in [7, 11) is 0. The first kappa shape index (κ1) is 25.4. The van der Waals surface area contributed by atoms with Crippen molar-refractivity contribution in [2.75, 3.05) is 0 Å². The highest BCUT2D eigenvalue weighted by Gasteiger charge is 2.29. The molecule has 0 heterocycles. The Kier molecular flexibility index (Phi) is 6.80. The molecule has 0 radical (unpaired) electrons. The summed E-state index contributed by atoms with van der Waals surface area (Å²) in [5.41, 5.74) is -0.765. The van der Waals surface area contributed by atoms with Gasteiger partial charge in [0.05, 0.1) is 0 Å². The maximum atomic E-state index is 12.9. The van der Waals surface area contributed by atoms with Crippen LogP contribution >= 0.6 is 0 Å². The molecule has 0 spiro atoms. The molecular weight excluding hydrogens is 400 g/mol. The van der Waals surface area contributed by atoms with Crippen molar-refractivity contribution in [3.05, 3.63) is 76.3 Å². The van der Waals surface area contributed by atoms with Gasteiger partial charge in [-0.1, -0.05) is 69.2 Å². The monoisotopic (exact) mass is 434 g/mol. The van der Waals surface area contributed by atoms with Crippen LogP contribution in [0.25, 0.3) is 32.7 Å². The third kappa shape index (κ3) is 3.87. The molecule has 2 aromatic rings. The average molecular weight is 435 g/mol. The molecule has 0 N–H and O–H groups in total. The van der Waals surface area contributed by atoms with Crippen LogP contribution in [0.4, 0.5) is 0 Å². The van der Waals surface area contributed by atoms with Crippen molar-refractivity contribution >= 4 is 21.5 Å². The van der Waals surface area contributed by atoms with Crippen LogP contribution in [0.5, 0.6) is 0 Å². The molecule has 2 aromatic carbocycles. The summed E-state index contributed by atoms with van der Waals surface area (Å²) >= 11 is 0. The van der Waals surface area contributed by atoms with E-state index in [2.05, 4.69) is 0 Å². The van der Waals surface area contributed by atoms with Crippen molar-refractivity contribution < 1.29 is 0 Å². The molecule has 2 aliphatic carbocycles. The zero-order valence-corrected chi connectivity index (χ0v) is 20.9. The van der Waals surface area contributed by atoms with Gasteiger partial charge in [-0.3, -0.25) is 19.2 Å². The van der Waals surface area contributed by atoms with Crippen molar-refractivity contribution in [2.24, 2.45) is 0 Å². The molecule has 170 valence electrons. The fraction of sp³-hybridized carbons (Fsp3) is 0.429.